The summed E-state index contributed by atoms with van der Waals surface area (Å²) < 4.78 is 0. The van der Waals surface area contributed by atoms with Gasteiger partial charge in [-0.05, 0) is 31.4 Å². The number of carbonyl (C=O) groups excluding carboxylic acids is 1. The summed E-state index contributed by atoms with van der Waals surface area (Å²) in [7, 11) is 0. The fourth-order valence-electron chi connectivity index (χ4n) is 2.17. The Morgan fingerprint density at radius 3 is 2.89 bits per heavy atom. The maximum atomic E-state index is 11.6. The summed E-state index contributed by atoms with van der Waals surface area (Å²) >= 11 is 0. The summed E-state index contributed by atoms with van der Waals surface area (Å²) in [5, 5.41) is 10.8. The van der Waals surface area contributed by atoms with Crippen LogP contribution in [0.1, 0.15) is 30.8 Å². The van der Waals surface area contributed by atoms with Crippen LogP contribution in [0.25, 0.3) is 0 Å². The number of amides is 1. The van der Waals surface area contributed by atoms with Crippen LogP contribution in [0.3, 0.4) is 0 Å². The molecule has 1 aliphatic heterocycles. The van der Waals surface area contributed by atoms with Gasteiger partial charge in [-0.25, -0.2) is 0 Å². The highest BCUT2D eigenvalue weighted by atomic mass is 16.1. The number of nitrogens with zero attached hydrogens (tertiary/aromatic N) is 3. The van der Waals surface area contributed by atoms with Gasteiger partial charge in [0.25, 0.3) is 5.91 Å². The van der Waals surface area contributed by atoms with Crippen molar-refractivity contribution >= 4 is 11.7 Å². The topological polar surface area (TPSA) is 84.1 Å². The van der Waals surface area contributed by atoms with Gasteiger partial charge in [0.1, 0.15) is 0 Å². The van der Waals surface area contributed by atoms with Crippen molar-refractivity contribution in [3.63, 3.8) is 0 Å². The van der Waals surface area contributed by atoms with Gasteiger partial charge in [0.15, 0.2) is 11.5 Å². The van der Waals surface area contributed by atoms with Gasteiger partial charge in [-0.2, -0.15) is 0 Å². The molecule has 1 aliphatic rings. The lowest BCUT2D eigenvalue weighted by Gasteiger charge is -2.35. The van der Waals surface area contributed by atoms with E-state index in [0.717, 1.165) is 25.3 Å². The molecule has 0 bridgehead atoms. The lowest BCUT2D eigenvalue weighted by atomic mass is 9.94. The van der Waals surface area contributed by atoms with Crippen molar-refractivity contribution < 1.29 is 4.79 Å². The number of hydrogen-bond donors (Lipinski definition) is 2. The van der Waals surface area contributed by atoms with Crippen LogP contribution >= 0.6 is 0 Å². The molecule has 0 aromatic carbocycles. The minimum Gasteiger partial charge on any atom is -0.354 e. The van der Waals surface area contributed by atoms with E-state index in [1.54, 1.807) is 6.07 Å². The van der Waals surface area contributed by atoms with E-state index in [1.807, 2.05) is 13.0 Å². The molecule has 104 valence electrons. The third kappa shape index (κ3) is 3.20. The maximum Gasteiger partial charge on any atom is 0.271 e. The van der Waals surface area contributed by atoms with Gasteiger partial charge in [0, 0.05) is 25.7 Å². The highest BCUT2D eigenvalue weighted by Gasteiger charge is 2.24. The Kier molecular flexibility index (Phi) is 4.31. The van der Waals surface area contributed by atoms with E-state index < -0.39 is 0 Å². The molecule has 0 saturated carbocycles. The monoisotopic (exact) mass is 263 g/mol. The molecule has 1 fully saturated rings. The molecule has 19 heavy (non-hydrogen) atoms. The van der Waals surface area contributed by atoms with Gasteiger partial charge in [-0.3, -0.25) is 4.79 Å². The van der Waals surface area contributed by atoms with Crippen LogP contribution in [0, 0.1) is 5.92 Å². The molecule has 2 rings (SSSR count). The van der Waals surface area contributed by atoms with E-state index in [9.17, 15) is 4.79 Å². The second-order valence-electron chi connectivity index (χ2n) is 5.01. The molecule has 1 saturated heterocycles. The number of carbonyl (C=O) groups is 1. The van der Waals surface area contributed by atoms with Crippen molar-refractivity contribution in [1.29, 1.82) is 0 Å². The van der Waals surface area contributed by atoms with Gasteiger partial charge in [0.05, 0.1) is 0 Å². The van der Waals surface area contributed by atoms with Crippen LogP contribution in [-0.2, 0) is 0 Å². The first-order valence-electron chi connectivity index (χ1n) is 6.74. The van der Waals surface area contributed by atoms with Crippen molar-refractivity contribution in [3.8, 4) is 0 Å². The SMILES string of the molecule is CCNC(=O)c1ccc(N2CCC(C)C(N)C2)nn1. The zero-order chi connectivity index (χ0) is 13.8. The summed E-state index contributed by atoms with van der Waals surface area (Å²) in [6.45, 7) is 6.35. The van der Waals surface area contributed by atoms with Crippen molar-refractivity contribution in [2.24, 2.45) is 11.7 Å². The fraction of sp³-hybridized carbons (Fsp3) is 0.615. The van der Waals surface area contributed by atoms with Crippen LogP contribution < -0.4 is 16.0 Å². The molecular formula is C13H21N5O. The minimum absolute atomic E-state index is 0.165. The lowest BCUT2D eigenvalue weighted by molar-refractivity contribution is 0.0950. The number of hydrogen-bond acceptors (Lipinski definition) is 5. The Hall–Kier alpha value is -1.69. The molecule has 3 N–H and O–H groups in total. The van der Waals surface area contributed by atoms with Gasteiger partial charge < -0.3 is 16.0 Å². The smallest absolute Gasteiger partial charge is 0.271 e. The standard InChI is InChI=1S/C13H21N5O/c1-3-15-13(19)11-4-5-12(17-16-11)18-7-6-9(2)10(14)8-18/h4-5,9-10H,3,6-8,14H2,1-2H3,(H,15,19). The zero-order valence-corrected chi connectivity index (χ0v) is 11.5. The van der Waals surface area contributed by atoms with E-state index in [0.29, 0.717) is 18.2 Å². The normalized spacial score (nSPS) is 23.2. The molecule has 0 radical (unpaired) electrons. The first-order valence-corrected chi connectivity index (χ1v) is 6.74. The number of anilines is 1. The predicted molar refractivity (Wildman–Crippen MR) is 74.0 cm³/mol. The maximum absolute atomic E-state index is 11.6. The number of piperidine rings is 1. The highest BCUT2D eigenvalue weighted by Crippen LogP contribution is 2.20. The fourth-order valence-corrected chi connectivity index (χ4v) is 2.17. The number of nitrogens with one attached hydrogen (secondary N) is 1. The van der Waals surface area contributed by atoms with Crippen molar-refractivity contribution in [1.82, 2.24) is 15.5 Å². The summed E-state index contributed by atoms with van der Waals surface area (Å²) in [6.07, 6.45) is 1.06. The van der Waals surface area contributed by atoms with Crippen LogP contribution in [0.4, 0.5) is 5.82 Å². The van der Waals surface area contributed by atoms with Crippen molar-refractivity contribution in [2.45, 2.75) is 26.3 Å². The van der Waals surface area contributed by atoms with E-state index in [4.69, 9.17) is 5.73 Å². The van der Waals surface area contributed by atoms with Crippen molar-refractivity contribution in [2.75, 3.05) is 24.5 Å². The Balaban J connectivity index is 2.04. The first kappa shape index (κ1) is 13.7. The van der Waals surface area contributed by atoms with Crippen molar-refractivity contribution in [3.05, 3.63) is 17.8 Å². The summed E-state index contributed by atoms with van der Waals surface area (Å²) in [6, 6.07) is 3.70. The van der Waals surface area contributed by atoms with Crippen LogP contribution in [0.15, 0.2) is 12.1 Å². The largest absolute Gasteiger partial charge is 0.354 e. The Morgan fingerprint density at radius 1 is 1.53 bits per heavy atom. The van der Waals surface area contributed by atoms with Gasteiger partial charge in [-0.15, -0.1) is 10.2 Å². The molecule has 1 aromatic rings. The molecule has 2 heterocycles. The Morgan fingerprint density at radius 2 is 2.32 bits per heavy atom. The average molecular weight is 263 g/mol. The molecule has 6 heteroatoms. The van der Waals surface area contributed by atoms with Gasteiger partial charge in [-0.1, -0.05) is 6.92 Å². The quantitative estimate of drug-likeness (QED) is 0.824. The number of nitrogens with two attached hydrogens (primary N) is 1. The summed E-state index contributed by atoms with van der Waals surface area (Å²) in [5.41, 5.74) is 6.42. The molecule has 0 aliphatic carbocycles. The van der Waals surface area contributed by atoms with Gasteiger partial charge in [0.2, 0.25) is 0 Å². The molecule has 1 amide bonds. The minimum atomic E-state index is -0.189. The van der Waals surface area contributed by atoms with E-state index in [-0.39, 0.29) is 11.9 Å². The Labute approximate surface area is 113 Å². The predicted octanol–water partition coefficient (Wildman–Crippen LogP) is 0.400. The molecule has 0 spiro atoms. The van der Waals surface area contributed by atoms with Crippen LogP contribution in [0.5, 0.6) is 0 Å². The first-order chi connectivity index (χ1) is 9.11. The summed E-state index contributed by atoms with van der Waals surface area (Å²) in [4.78, 5) is 13.7. The van der Waals surface area contributed by atoms with E-state index >= 15 is 0 Å². The average Bonchev–Trinajstić information content (AvgIpc) is 2.42. The number of rotatable bonds is 3. The zero-order valence-electron chi connectivity index (χ0n) is 11.5. The van der Waals surface area contributed by atoms with E-state index in [2.05, 4.69) is 27.3 Å². The number of aromatic nitrogens is 2. The molecule has 2 atom stereocenters. The molecule has 1 aromatic heterocycles. The second kappa shape index (κ2) is 5.97. The van der Waals surface area contributed by atoms with Crippen LogP contribution in [0.2, 0.25) is 0 Å². The lowest BCUT2D eigenvalue weighted by Crippen LogP contribution is -2.48. The third-order valence-electron chi connectivity index (χ3n) is 3.56. The second-order valence-corrected chi connectivity index (χ2v) is 5.01. The molecular weight excluding hydrogens is 242 g/mol. The molecule has 6 nitrogen and oxygen atoms in total. The van der Waals surface area contributed by atoms with Crippen LogP contribution in [-0.4, -0.2) is 41.8 Å². The molecule has 2 unspecified atom stereocenters. The Bertz CT molecular complexity index is 433. The van der Waals surface area contributed by atoms with Gasteiger partial charge >= 0.3 is 0 Å². The van der Waals surface area contributed by atoms with E-state index in [1.165, 1.54) is 0 Å². The highest BCUT2D eigenvalue weighted by molar-refractivity contribution is 5.92. The summed E-state index contributed by atoms with van der Waals surface area (Å²) in [5.74, 6) is 1.14. The third-order valence-corrected chi connectivity index (χ3v) is 3.56.